The van der Waals surface area contributed by atoms with Gasteiger partial charge >= 0.3 is 0 Å². The molecular weight excluding hydrogens is 483 g/mol. The first-order valence-corrected chi connectivity index (χ1v) is 12.2. The molecule has 36 heavy (non-hydrogen) atoms. The standard InChI is InChI=1S/C26H32ClFN6O2/c1-17(2)14-22(25(36)29-15-18-6-12-21(28)13-7-18)34(26(3,4)5)23(35)16-33-31-24(30-32-33)19-8-10-20(27)11-9-19/h6-13,17,22H,14-16H2,1-5H3,(H,29,36)/t22-/m1/s1. The molecule has 0 unspecified atom stereocenters. The van der Waals surface area contributed by atoms with Crippen molar-refractivity contribution in [1.29, 1.82) is 0 Å². The van der Waals surface area contributed by atoms with Gasteiger partial charge in [-0.25, -0.2) is 4.39 Å². The summed E-state index contributed by atoms with van der Waals surface area (Å²) in [5, 5.41) is 15.9. The number of hydrogen-bond donors (Lipinski definition) is 1. The maximum absolute atomic E-state index is 13.5. The number of tetrazole rings is 1. The van der Waals surface area contributed by atoms with Gasteiger partial charge in [0.15, 0.2) is 0 Å². The fourth-order valence-electron chi connectivity index (χ4n) is 3.92. The number of aromatic nitrogens is 4. The number of carbonyl (C=O) groups is 2. The molecular formula is C26H32ClFN6O2. The van der Waals surface area contributed by atoms with Gasteiger partial charge in [-0.3, -0.25) is 9.59 Å². The van der Waals surface area contributed by atoms with E-state index in [4.69, 9.17) is 11.6 Å². The Morgan fingerprint density at radius 1 is 1.08 bits per heavy atom. The smallest absolute Gasteiger partial charge is 0.247 e. The second-order valence-corrected chi connectivity index (χ2v) is 10.5. The predicted molar refractivity (Wildman–Crippen MR) is 136 cm³/mol. The highest BCUT2D eigenvalue weighted by Crippen LogP contribution is 2.23. The molecule has 10 heteroatoms. The fourth-order valence-corrected chi connectivity index (χ4v) is 4.05. The summed E-state index contributed by atoms with van der Waals surface area (Å²) in [4.78, 5) is 29.7. The van der Waals surface area contributed by atoms with Crippen molar-refractivity contribution in [3.63, 3.8) is 0 Å². The third-order valence-corrected chi connectivity index (χ3v) is 5.76. The molecule has 0 radical (unpaired) electrons. The lowest BCUT2D eigenvalue weighted by molar-refractivity contribution is -0.148. The number of hydrogen-bond acceptors (Lipinski definition) is 5. The highest BCUT2D eigenvalue weighted by Gasteiger charge is 2.37. The van der Waals surface area contributed by atoms with Crippen molar-refractivity contribution in [3.05, 3.63) is 64.9 Å². The van der Waals surface area contributed by atoms with Crippen LogP contribution in [0.2, 0.25) is 5.02 Å². The Bertz CT molecular complexity index is 1170. The average molecular weight is 515 g/mol. The lowest BCUT2D eigenvalue weighted by Gasteiger charge is -2.41. The van der Waals surface area contributed by atoms with Crippen LogP contribution in [0.15, 0.2) is 48.5 Å². The van der Waals surface area contributed by atoms with Crippen molar-refractivity contribution in [3.8, 4) is 11.4 Å². The van der Waals surface area contributed by atoms with Crippen LogP contribution in [0.1, 0.15) is 46.6 Å². The van der Waals surface area contributed by atoms with E-state index in [-0.39, 0.29) is 36.6 Å². The molecule has 0 spiro atoms. The van der Waals surface area contributed by atoms with E-state index in [0.717, 1.165) is 11.1 Å². The van der Waals surface area contributed by atoms with Crippen LogP contribution in [-0.4, -0.2) is 48.5 Å². The lowest BCUT2D eigenvalue weighted by Crippen LogP contribution is -2.58. The van der Waals surface area contributed by atoms with Crippen LogP contribution in [0.3, 0.4) is 0 Å². The number of carbonyl (C=O) groups excluding carboxylic acids is 2. The van der Waals surface area contributed by atoms with Crippen LogP contribution >= 0.6 is 11.6 Å². The van der Waals surface area contributed by atoms with Gasteiger partial charge in [0.2, 0.25) is 17.6 Å². The summed E-state index contributed by atoms with van der Waals surface area (Å²) in [6, 6.07) is 12.2. The van der Waals surface area contributed by atoms with Gasteiger partial charge in [-0.05, 0) is 80.3 Å². The lowest BCUT2D eigenvalue weighted by atomic mass is 9.95. The number of nitrogens with one attached hydrogen (secondary N) is 1. The minimum atomic E-state index is -0.711. The molecule has 0 aliphatic heterocycles. The third-order valence-electron chi connectivity index (χ3n) is 5.51. The first kappa shape index (κ1) is 27.3. The molecule has 192 valence electrons. The van der Waals surface area contributed by atoms with E-state index in [1.54, 1.807) is 41.3 Å². The molecule has 2 amide bonds. The Labute approximate surface area is 215 Å². The second kappa shape index (κ2) is 11.6. The first-order chi connectivity index (χ1) is 16.9. The van der Waals surface area contributed by atoms with Crippen LogP contribution in [0, 0.1) is 11.7 Å². The first-order valence-electron chi connectivity index (χ1n) is 11.8. The van der Waals surface area contributed by atoms with Crippen molar-refractivity contribution in [2.75, 3.05) is 0 Å². The Kier molecular flexibility index (Phi) is 8.79. The maximum Gasteiger partial charge on any atom is 0.247 e. The molecule has 1 aromatic heterocycles. The Balaban J connectivity index is 1.79. The molecule has 2 aromatic carbocycles. The minimum Gasteiger partial charge on any atom is -0.350 e. The number of benzene rings is 2. The Morgan fingerprint density at radius 3 is 2.31 bits per heavy atom. The highest BCUT2D eigenvalue weighted by atomic mass is 35.5. The van der Waals surface area contributed by atoms with E-state index in [1.807, 2.05) is 34.6 Å². The van der Waals surface area contributed by atoms with Crippen LogP contribution in [0.25, 0.3) is 11.4 Å². The van der Waals surface area contributed by atoms with Gasteiger partial charge in [-0.1, -0.05) is 37.6 Å². The molecule has 0 fully saturated rings. The summed E-state index contributed by atoms with van der Waals surface area (Å²) in [6.07, 6.45) is 0.471. The van der Waals surface area contributed by atoms with Gasteiger partial charge in [0, 0.05) is 22.7 Å². The van der Waals surface area contributed by atoms with Gasteiger partial charge in [-0.2, -0.15) is 4.80 Å². The Hall–Kier alpha value is -3.33. The number of rotatable bonds is 9. The minimum absolute atomic E-state index is 0.158. The molecule has 1 atom stereocenters. The fraction of sp³-hybridized carbons (Fsp3) is 0.423. The molecule has 0 saturated carbocycles. The molecule has 8 nitrogen and oxygen atoms in total. The molecule has 1 N–H and O–H groups in total. The van der Waals surface area contributed by atoms with Gasteiger partial charge in [0.1, 0.15) is 18.4 Å². The number of amides is 2. The number of halogens is 2. The zero-order chi connectivity index (χ0) is 26.5. The molecule has 1 heterocycles. The maximum atomic E-state index is 13.5. The van der Waals surface area contributed by atoms with Gasteiger partial charge in [-0.15, -0.1) is 10.2 Å². The summed E-state index contributed by atoms with van der Waals surface area (Å²) in [7, 11) is 0. The molecule has 3 aromatic rings. The summed E-state index contributed by atoms with van der Waals surface area (Å²) in [6.45, 7) is 9.73. The van der Waals surface area contributed by atoms with E-state index in [1.165, 1.54) is 16.9 Å². The van der Waals surface area contributed by atoms with Gasteiger partial charge in [0.25, 0.3) is 0 Å². The zero-order valence-electron chi connectivity index (χ0n) is 21.2. The monoisotopic (exact) mass is 514 g/mol. The topological polar surface area (TPSA) is 93.0 Å². The average Bonchev–Trinajstić information content (AvgIpc) is 3.25. The van der Waals surface area contributed by atoms with E-state index in [9.17, 15) is 14.0 Å². The van der Waals surface area contributed by atoms with Crippen LogP contribution in [-0.2, 0) is 22.7 Å². The molecule has 0 aliphatic rings. The van der Waals surface area contributed by atoms with E-state index in [0.29, 0.717) is 17.3 Å². The molecule has 0 bridgehead atoms. The summed E-state index contributed by atoms with van der Waals surface area (Å²) in [5.74, 6) is -0.384. The van der Waals surface area contributed by atoms with Crippen LogP contribution in [0.5, 0.6) is 0 Å². The zero-order valence-corrected chi connectivity index (χ0v) is 22.0. The van der Waals surface area contributed by atoms with E-state index >= 15 is 0 Å². The van der Waals surface area contributed by atoms with Gasteiger partial charge in [0.05, 0.1) is 0 Å². The number of nitrogens with zero attached hydrogens (tertiary/aromatic N) is 5. The SMILES string of the molecule is CC(C)C[C@H](C(=O)NCc1ccc(F)cc1)N(C(=O)Cn1nnc(-c2ccc(Cl)cc2)n1)C(C)(C)C. The van der Waals surface area contributed by atoms with Crippen molar-refractivity contribution in [1.82, 2.24) is 30.4 Å². The Morgan fingerprint density at radius 2 is 1.72 bits per heavy atom. The van der Waals surface area contributed by atoms with Gasteiger partial charge < -0.3 is 10.2 Å². The highest BCUT2D eigenvalue weighted by molar-refractivity contribution is 6.30. The molecule has 0 aliphatic carbocycles. The van der Waals surface area contributed by atoms with Crippen LogP contribution < -0.4 is 5.32 Å². The summed E-state index contributed by atoms with van der Waals surface area (Å²) < 4.78 is 13.2. The second-order valence-electron chi connectivity index (χ2n) is 10.1. The van der Waals surface area contributed by atoms with E-state index < -0.39 is 11.6 Å². The quantitative estimate of drug-likeness (QED) is 0.454. The van der Waals surface area contributed by atoms with E-state index in [2.05, 4.69) is 20.7 Å². The normalized spacial score (nSPS) is 12.4. The largest absolute Gasteiger partial charge is 0.350 e. The van der Waals surface area contributed by atoms with Crippen molar-refractivity contribution in [2.45, 2.75) is 65.7 Å². The predicted octanol–water partition coefficient (Wildman–Crippen LogP) is 4.49. The van der Waals surface area contributed by atoms with Crippen molar-refractivity contribution in [2.24, 2.45) is 5.92 Å². The summed E-state index contributed by atoms with van der Waals surface area (Å²) in [5.41, 5.74) is 0.843. The molecule has 3 rings (SSSR count). The third kappa shape index (κ3) is 7.34. The van der Waals surface area contributed by atoms with Crippen molar-refractivity contribution >= 4 is 23.4 Å². The van der Waals surface area contributed by atoms with Crippen LogP contribution in [0.4, 0.5) is 4.39 Å². The van der Waals surface area contributed by atoms with Crippen molar-refractivity contribution < 1.29 is 14.0 Å². The summed E-state index contributed by atoms with van der Waals surface area (Å²) >= 11 is 5.95. The molecule has 0 saturated heterocycles.